The van der Waals surface area contributed by atoms with Gasteiger partial charge in [-0.05, 0) is 33.6 Å². The molecule has 0 fully saturated rings. The van der Waals surface area contributed by atoms with Crippen molar-refractivity contribution in [3.8, 4) is 0 Å². The molecule has 104 valence electrons. The maximum Gasteiger partial charge on any atom is 0.233 e. The first kappa shape index (κ1) is 15.1. The predicted octanol–water partition coefficient (Wildman–Crippen LogP) is 2.36. The largest absolute Gasteiger partial charge is 0.367 e. The molecule has 1 rings (SSSR count). The molecule has 18 heavy (non-hydrogen) atoms. The monoisotopic (exact) mass is 255 g/mol. The minimum Gasteiger partial charge on any atom is -0.367 e. The van der Waals surface area contributed by atoms with Gasteiger partial charge in [-0.15, -0.1) is 0 Å². The molecule has 2 N–H and O–H groups in total. The first-order chi connectivity index (χ1) is 8.45. The molecule has 0 saturated heterocycles. The van der Waals surface area contributed by atoms with Crippen molar-refractivity contribution in [3.63, 3.8) is 0 Å². The zero-order valence-electron chi connectivity index (χ0n) is 12.1. The van der Waals surface area contributed by atoms with Crippen LogP contribution in [0.25, 0.3) is 0 Å². The first-order valence-corrected chi connectivity index (χ1v) is 6.64. The predicted molar refractivity (Wildman–Crippen MR) is 70.3 cm³/mol. The molecule has 1 aromatic rings. The van der Waals surface area contributed by atoms with Gasteiger partial charge < -0.3 is 15.0 Å². The van der Waals surface area contributed by atoms with Crippen LogP contribution in [-0.2, 0) is 15.8 Å². The molecule has 0 aliphatic carbocycles. The number of hydrogen-bond acceptors (Lipinski definition) is 5. The summed E-state index contributed by atoms with van der Waals surface area (Å²) in [5, 5.41) is 4.10. The third-order valence-electron chi connectivity index (χ3n) is 3.49. The minimum atomic E-state index is -0.443. The average Bonchev–Trinajstić information content (AvgIpc) is 2.87. The summed E-state index contributed by atoms with van der Waals surface area (Å²) in [5.74, 6) is 1.21. The van der Waals surface area contributed by atoms with Gasteiger partial charge in [-0.2, -0.15) is 4.98 Å². The highest BCUT2D eigenvalue weighted by atomic mass is 16.5. The summed E-state index contributed by atoms with van der Waals surface area (Å²) < 4.78 is 11.2. The summed E-state index contributed by atoms with van der Waals surface area (Å²) in [6, 6.07) is 0. The van der Waals surface area contributed by atoms with E-state index in [4.69, 9.17) is 15.0 Å². The highest BCUT2D eigenvalue weighted by Crippen LogP contribution is 2.32. The van der Waals surface area contributed by atoms with Crippen molar-refractivity contribution in [3.05, 3.63) is 11.7 Å². The van der Waals surface area contributed by atoms with E-state index < -0.39 is 5.60 Å². The van der Waals surface area contributed by atoms with Gasteiger partial charge in [0, 0.05) is 13.2 Å². The Balaban J connectivity index is 3.09. The lowest BCUT2D eigenvalue weighted by Gasteiger charge is -2.27. The zero-order chi connectivity index (χ0) is 13.8. The Labute approximate surface area is 109 Å². The molecule has 0 saturated carbocycles. The van der Waals surface area contributed by atoms with Crippen LogP contribution >= 0.6 is 0 Å². The van der Waals surface area contributed by atoms with Gasteiger partial charge in [0.1, 0.15) is 5.60 Å². The Morgan fingerprint density at radius 3 is 2.28 bits per heavy atom. The molecule has 0 aliphatic rings. The number of ether oxygens (including phenoxy) is 1. The van der Waals surface area contributed by atoms with Gasteiger partial charge >= 0.3 is 0 Å². The van der Waals surface area contributed by atoms with E-state index in [0.717, 1.165) is 12.8 Å². The van der Waals surface area contributed by atoms with Gasteiger partial charge in [-0.3, -0.25) is 0 Å². The van der Waals surface area contributed by atoms with Crippen LogP contribution in [-0.4, -0.2) is 23.3 Å². The zero-order valence-corrected chi connectivity index (χ0v) is 12.1. The van der Waals surface area contributed by atoms with Crippen LogP contribution in [0.5, 0.6) is 0 Å². The van der Waals surface area contributed by atoms with E-state index in [-0.39, 0.29) is 5.41 Å². The lowest BCUT2D eigenvalue weighted by atomic mass is 9.93. The van der Waals surface area contributed by atoms with Crippen molar-refractivity contribution >= 4 is 0 Å². The normalized spacial score (nSPS) is 13.0. The van der Waals surface area contributed by atoms with E-state index in [1.807, 2.05) is 20.8 Å². The van der Waals surface area contributed by atoms with Crippen molar-refractivity contribution < 1.29 is 9.26 Å². The lowest BCUT2D eigenvalue weighted by Crippen LogP contribution is -2.31. The maximum atomic E-state index is 5.86. The second-order valence-corrected chi connectivity index (χ2v) is 5.15. The topological polar surface area (TPSA) is 74.2 Å². The summed E-state index contributed by atoms with van der Waals surface area (Å²) in [6.45, 7) is 11.2. The SMILES string of the molecule is CCOC(CC)(CC)c1noc(C(C)(C)CN)n1. The van der Waals surface area contributed by atoms with Gasteiger partial charge in [0.2, 0.25) is 11.7 Å². The fourth-order valence-corrected chi connectivity index (χ4v) is 1.88. The summed E-state index contributed by atoms with van der Waals surface area (Å²) >= 11 is 0. The number of aromatic nitrogens is 2. The molecule has 0 radical (unpaired) electrons. The highest BCUT2D eigenvalue weighted by Gasteiger charge is 2.36. The Hall–Kier alpha value is -0.940. The molecular weight excluding hydrogens is 230 g/mol. The number of nitrogens with zero attached hydrogens (tertiary/aromatic N) is 2. The molecule has 0 amide bonds. The van der Waals surface area contributed by atoms with Gasteiger partial charge in [-0.1, -0.05) is 19.0 Å². The second kappa shape index (κ2) is 5.80. The maximum absolute atomic E-state index is 5.86. The molecule has 0 atom stereocenters. The van der Waals surface area contributed by atoms with Crippen LogP contribution in [0.4, 0.5) is 0 Å². The standard InChI is InChI=1S/C13H25N3O2/c1-6-13(7-2,17-8-3)10-15-11(18-16-10)12(4,5)9-14/h6-9,14H2,1-5H3. The third kappa shape index (κ3) is 2.72. The smallest absolute Gasteiger partial charge is 0.233 e. The molecule has 0 aliphatic heterocycles. The average molecular weight is 255 g/mol. The molecule has 5 nitrogen and oxygen atoms in total. The second-order valence-electron chi connectivity index (χ2n) is 5.15. The first-order valence-electron chi connectivity index (χ1n) is 6.64. The Bertz CT molecular complexity index is 370. The van der Waals surface area contributed by atoms with Crippen molar-refractivity contribution in [2.75, 3.05) is 13.2 Å². The summed E-state index contributed by atoms with van der Waals surface area (Å²) in [4.78, 5) is 4.50. The van der Waals surface area contributed by atoms with E-state index in [1.165, 1.54) is 0 Å². The molecule has 1 heterocycles. The van der Waals surface area contributed by atoms with E-state index in [2.05, 4.69) is 24.0 Å². The van der Waals surface area contributed by atoms with Crippen molar-refractivity contribution in [2.45, 2.75) is 58.5 Å². The fourth-order valence-electron chi connectivity index (χ4n) is 1.88. The van der Waals surface area contributed by atoms with Crippen LogP contribution in [0.2, 0.25) is 0 Å². The fraction of sp³-hybridized carbons (Fsp3) is 0.846. The van der Waals surface area contributed by atoms with Crippen LogP contribution in [0, 0.1) is 0 Å². The highest BCUT2D eigenvalue weighted by molar-refractivity contribution is 5.07. The van der Waals surface area contributed by atoms with Crippen LogP contribution in [0.1, 0.15) is 59.2 Å². The van der Waals surface area contributed by atoms with Crippen molar-refractivity contribution in [1.82, 2.24) is 10.1 Å². The molecule has 1 aromatic heterocycles. The van der Waals surface area contributed by atoms with Crippen LogP contribution in [0.15, 0.2) is 4.52 Å². The minimum absolute atomic E-state index is 0.301. The van der Waals surface area contributed by atoms with Crippen LogP contribution in [0.3, 0.4) is 0 Å². The van der Waals surface area contributed by atoms with E-state index in [9.17, 15) is 0 Å². The van der Waals surface area contributed by atoms with Gasteiger partial charge in [0.05, 0.1) is 5.41 Å². The third-order valence-corrected chi connectivity index (χ3v) is 3.49. The number of rotatable bonds is 7. The molecule has 5 heteroatoms. The Morgan fingerprint density at radius 1 is 1.22 bits per heavy atom. The van der Waals surface area contributed by atoms with E-state index in [0.29, 0.717) is 24.9 Å². The van der Waals surface area contributed by atoms with Gasteiger partial charge in [0.25, 0.3) is 0 Å². The van der Waals surface area contributed by atoms with E-state index in [1.54, 1.807) is 0 Å². The quantitative estimate of drug-likeness (QED) is 0.809. The molecule has 0 aromatic carbocycles. The number of hydrogen-bond donors (Lipinski definition) is 1. The van der Waals surface area contributed by atoms with Crippen molar-refractivity contribution in [1.29, 1.82) is 0 Å². The summed E-state index contributed by atoms with van der Waals surface area (Å²) in [7, 11) is 0. The number of nitrogens with two attached hydrogens (primary N) is 1. The molecule has 0 bridgehead atoms. The Kier molecular flexibility index (Phi) is 4.87. The Morgan fingerprint density at radius 2 is 1.83 bits per heavy atom. The molecular formula is C13H25N3O2. The van der Waals surface area contributed by atoms with Crippen molar-refractivity contribution in [2.24, 2.45) is 5.73 Å². The van der Waals surface area contributed by atoms with Gasteiger partial charge in [-0.25, -0.2) is 0 Å². The molecule has 0 unspecified atom stereocenters. The van der Waals surface area contributed by atoms with Gasteiger partial charge in [0.15, 0.2) is 0 Å². The summed E-state index contributed by atoms with van der Waals surface area (Å²) in [6.07, 6.45) is 1.64. The van der Waals surface area contributed by atoms with E-state index >= 15 is 0 Å². The molecule has 0 spiro atoms. The van der Waals surface area contributed by atoms with Crippen LogP contribution < -0.4 is 5.73 Å². The summed E-state index contributed by atoms with van der Waals surface area (Å²) in [5.41, 5.74) is 4.98. The lowest BCUT2D eigenvalue weighted by molar-refractivity contribution is -0.0583.